The van der Waals surface area contributed by atoms with E-state index in [4.69, 9.17) is 5.73 Å². The zero-order chi connectivity index (χ0) is 7.68. The minimum Gasteiger partial charge on any atom is -0.397 e. The Morgan fingerprint density at radius 3 is 3.27 bits per heavy atom. The fraction of sp³-hybridized carbons (Fsp3) is 0.250. The molecule has 0 spiro atoms. The Morgan fingerprint density at radius 2 is 2.36 bits per heavy atom. The van der Waals surface area contributed by atoms with Gasteiger partial charge in [0.05, 0.1) is 11.9 Å². The molecule has 0 radical (unpaired) electrons. The number of aromatic nitrogens is 1. The van der Waals surface area contributed by atoms with Crippen LogP contribution in [0.4, 0.5) is 11.5 Å². The SMILES string of the molecule is Nc1cnc2c(c1)CCC=N2. The summed E-state index contributed by atoms with van der Waals surface area (Å²) in [6.45, 7) is 0. The fourth-order valence-electron chi connectivity index (χ4n) is 1.19. The lowest BCUT2D eigenvalue weighted by Gasteiger charge is -2.07. The Hall–Kier alpha value is -1.38. The number of hydrogen-bond acceptors (Lipinski definition) is 3. The summed E-state index contributed by atoms with van der Waals surface area (Å²) in [7, 11) is 0. The summed E-state index contributed by atoms with van der Waals surface area (Å²) in [5.74, 6) is 0.824. The molecule has 0 fully saturated rings. The van der Waals surface area contributed by atoms with Gasteiger partial charge in [0.25, 0.3) is 0 Å². The Kier molecular flexibility index (Phi) is 1.35. The number of fused-ring (bicyclic) bond motifs is 1. The lowest BCUT2D eigenvalue weighted by molar-refractivity contribution is 1.00. The molecule has 0 saturated heterocycles. The average Bonchev–Trinajstić information content (AvgIpc) is 2.04. The molecule has 0 aliphatic carbocycles. The van der Waals surface area contributed by atoms with Crippen LogP contribution >= 0.6 is 0 Å². The largest absolute Gasteiger partial charge is 0.397 e. The molecule has 2 N–H and O–H groups in total. The zero-order valence-corrected chi connectivity index (χ0v) is 6.12. The normalized spacial score (nSPS) is 14.5. The number of nitrogens with two attached hydrogens (primary N) is 1. The number of nitrogens with zero attached hydrogens (tertiary/aromatic N) is 2. The molecule has 0 atom stereocenters. The lowest BCUT2D eigenvalue weighted by atomic mass is 10.1. The molecule has 2 heterocycles. The van der Waals surface area contributed by atoms with Crippen LogP contribution in [0.15, 0.2) is 17.3 Å². The topological polar surface area (TPSA) is 51.3 Å². The number of anilines is 1. The second kappa shape index (κ2) is 2.34. The van der Waals surface area contributed by atoms with Crippen LogP contribution in [0.1, 0.15) is 12.0 Å². The number of pyridine rings is 1. The van der Waals surface area contributed by atoms with E-state index >= 15 is 0 Å². The molecule has 0 bridgehead atoms. The Balaban J connectivity index is 2.53. The van der Waals surface area contributed by atoms with E-state index in [0.717, 1.165) is 29.9 Å². The van der Waals surface area contributed by atoms with Crippen molar-refractivity contribution in [3.8, 4) is 0 Å². The Labute approximate surface area is 65.0 Å². The molecular formula is C8H9N3. The maximum absolute atomic E-state index is 5.57. The third-order valence-electron chi connectivity index (χ3n) is 1.72. The second-order valence-electron chi connectivity index (χ2n) is 2.60. The van der Waals surface area contributed by atoms with E-state index in [2.05, 4.69) is 9.98 Å². The van der Waals surface area contributed by atoms with Crippen molar-refractivity contribution < 1.29 is 0 Å². The van der Waals surface area contributed by atoms with Crippen LogP contribution in [0.3, 0.4) is 0 Å². The van der Waals surface area contributed by atoms with Crippen LogP contribution in [0.5, 0.6) is 0 Å². The van der Waals surface area contributed by atoms with Crippen LogP contribution in [0.25, 0.3) is 0 Å². The number of hydrogen-bond donors (Lipinski definition) is 1. The minimum absolute atomic E-state index is 0.723. The highest BCUT2D eigenvalue weighted by atomic mass is 14.9. The zero-order valence-electron chi connectivity index (χ0n) is 6.12. The Morgan fingerprint density at radius 1 is 1.45 bits per heavy atom. The molecule has 2 rings (SSSR count). The van der Waals surface area contributed by atoms with Gasteiger partial charge in [-0.25, -0.2) is 9.98 Å². The first-order chi connectivity index (χ1) is 5.36. The molecule has 3 nitrogen and oxygen atoms in total. The first kappa shape index (κ1) is 6.34. The van der Waals surface area contributed by atoms with Crippen molar-refractivity contribution in [2.45, 2.75) is 12.8 Å². The Bertz CT molecular complexity index is 304. The van der Waals surface area contributed by atoms with E-state index in [1.165, 1.54) is 0 Å². The van der Waals surface area contributed by atoms with Gasteiger partial charge in [-0.1, -0.05) is 0 Å². The van der Waals surface area contributed by atoms with E-state index in [1.54, 1.807) is 6.20 Å². The highest BCUT2D eigenvalue weighted by molar-refractivity contribution is 5.67. The van der Waals surface area contributed by atoms with E-state index in [1.807, 2.05) is 12.3 Å². The number of nitrogen functional groups attached to an aromatic ring is 1. The molecule has 0 saturated carbocycles. The fourth-order valence-corrected chi connectivity index (χ4v) is 1.19. The second-order valence-corrected chi connectivity index (χ2v) is 2.60. The summed E-state index contributed by atoms with van der Waals surface area (Å²) in [6, 6.07) is 1.94. The van der Waals surface area contributed by atoms with Gasteiger partial charge in [0.1, 0.15) is 0 Å². The maximum atomic E-state index is 5.57. The van der Waals surface area contributed by atoms with E-state index < -0.39 is 0 Å². The number of rotatable bonds is 0. The summed E-state index contributed by atoms with van der Waals surface area (Å²) in [6.07, 6.45) is 5.54. The van der Waals surface area contributed by atoms with Crippen LogP contribution in [-0.4, -0.2) is 11.2 Å². The smallest absolute Gasteiger partial charge is 0.154 e. The molecule has 56 valence electrons. The molecule has 1 aliphatic rings. The van der Waals surface area contributed by atoms with Gasteiger partial charge in [0.2, 0.25) is 0 Å². The first-order valence-electron chi connectivity index (χ1n) is 3.63. The molecule has 0 unspecified atom stereocenters. The van der Waals surface area contributed by atoms with Crippen LogP contribution in [0.2, 0.25) is 0 Å². The van der Waals surface area contributed by atoms with Crippen molar-refractivity contribution in [3.63, 3.8) is 0 Å². The van der Waals surface area contributed by atoms with Crippen LogP contribution in [0, 0.1) is 0 Å². The third-order valence-corrected chi connectivity index (χ3v) is 1.72. The quantitative estimate of drug-likeness (QED) is 0.601. The molecule has 0 aromatic carbocycles. The predicted octanol–water partition coefficient (Wildman–Crippen LogP) is 1.31. The van der Waals surface area contributed by atoms with Gasteiger partial charge in [-0.05, 0) is 24.5 Å². The molecule has 1 aromatic heterocycles. The van der Waals surface area contributed by atoms with E-state index in [0.29, 0.717) is 0 Å². The molecule has 0 amide bonds. The molecule has 1 aliphatic heterocycles. The van der Waals surface area contributed by atoms with Crippen molar-refractivity contribution in [2.75, 3.05) is 5.73 Å². The summed E-state index contributed by atoms with van der Waals surface area (Å²) >= 11 is 0. The summed E-state index contributed by atoms with van der Waals surface area (Å²) in [5, 5.41) is 0. The summed E-state index contributed by atoms with van der Waals surface area (Å²) < 4.78 is 0. The van der Waals surface area contributed by atoms with E-state index in [9.17, 15) is 0 Å². The minimum atomic E-state index is 0.723. The van der Waals surface area contributed by atoms with Crippen LogP contribution < -0.4 is 5.73 Å². The molecule has 11 heavy (non-hydrogen) atoms. The van der Waals surface area contributed by atoms with Crippen molar-refractivity contribution >= 4 is 17.7 Å². The van der Waals surface area contributed by atoms with Crippen molar-refractivity contribution in [1.82, 2.24) is 4.98 Å². The summed E-state index contributed by atoms with van der Waals surface area (Å²) in [5.41, 5.74) is 7.45. The van der Waals surface area contributed by atoms with Gasteiger partial charge in [-0.2, -0.15) is 0 Å². The van der Waals surface area contributed by atoms with Gasteiger partial charge in [-0.3, -0.25) is 0 Å². The van der Waals surface area contributed by atoms with Gasteiger partial charge in [-0.15, -0.1) is 0 Å². The van der Waals surface area contributed by atoms with Gasteiger partial charge < -0.3 is 5.73 Å². The molecule has 1 aromatic rings. The maximum Gasteiger partial charge on any atom is 0.154 e. The average molecular weight is 147 g/mol. The highest BCUT2D eigenvalue weighted by Gasteiger charge is 2.05. The van der Waals surface area contributed by atoms with E-state index in [-0.39, 0.29) is 0 Å². The monoisotopic (exact) mass is 147 g/mol. The van der Waals surface area contributed by atoms with Crippen LogP contribution in [-0.2, 0) is 6.42 Å². The number of aryl methyl sites for hydroxylation is 1. The van der Waals surface area contributed by atoms with Crippen molar-refractivity contribution in [2.24, 2.45) is 4.99 Å². The first-order valence-corrected chi connectivity index (χ1v) is 3.63. The van der Waals surface area contributed by atoms with Gasteiger partial charge >= 0.3 is 0 Å². The molecule has 3 heteroatoms. The van der Waals surface area contributed by atoms with Crippen molar-refractivity contribution in [3.05, 3.63) is 17.8 Å². The van der Waals surface area contributed by atoms with Crippen molar-refractivity contribution in [1.29, 1.82) is 0 Å². The highest BCUT2D eigenvalue weighted by Crippen LogP contribution is 2.22. The van der Waals surface area contributed by atoms with Gasteiger partial charge in [0, 0.05) is 6.21 Å². The number of aliphatic imine (C=N–C) groups is 1. The molecular weight excluding hydrogens is 138 g/mol. The third kappa shape index (κ3) is 1.09. The predicted molar refractivity (Wildman–Crippen MR) is 45.1 cm³/mol. The standard InChI is InChI=1S/C8H9N3/c9-7-4-6-2-1-3-10-8(6)11-5-7/h3-5H,1-2,9H2. The summed E-state index contributed by atoms with van der Waals surface area (Å²) in [4.78, 5) is 8.24. The van der Waals surface area contributed by atoms with Gasteiger partial charge in [0.15, 0.2) is 5.82 Å². The lowest BCUT2D eigenvalue weighted by Crippen LogP contribution is -1.97.